The zero-order chi connectivity index (χ0) is 87.8. The van der Waals surface area contributed by atoms with Crippen LogP contribution in [0.3, 0.4) is 0 Å². The maximum absolute atomic E-state index is 14.2. The highest BCUT2D eigenvalue weighted by Crippen LogP contribution is 2.55. The highest BCUT2D eigenvalue weighted by atomic mass is 32.2. The zero-order valence-electron chi connectivity index (χ0n) is 67.9. The largest absolute Gasteiger partial charge is 0.494 e. The van der Waals surface area contributed by atoms with Crippen molar-refractivity contribution >= 4 is 66.1 Å². The predicted octanol–water partition coefficient (Wildman–Crippen LogP) is 26.8. The quantitative estimate of drug-likeness (QED) is 0.0489. The molecule has 11 nitrogen and oxygen atoms in total. The number of hydrogen-bond acceptors (Lipinski definition) is 11. The molecule has 0 radical (unpaired) electrons. The summed E-state index contributed by atoms with van der Waals surface area (Å²) in [5.41, 5.74) is 21.5. The molecule has 14 aromatic carbocycles. The number of rotatable bonds is 17. The molecule has 4 aromatic heterocycles. The average molecular weight is 1700 g/mol. The Morgan fingerprint density at radius 2 is 0.611 bits per heavy atom. The van der Waals surface area contributed by atoms with Gasteiger partial charge in [0.25, 0.3) is 0 Å². The second-order valence-corrected chi connectivity index (χ2v) is 32.9. The van der Waals surface area contributed by atoms with Gasteiger partial charge in [-0.05, 0) is 154 Å². The molecule has 0 amide bonds. The molecule has 0 N–H and O–H groups in total. The smallest absolute Gasteiger partial charge is 0.399 e. The standard InChI is InChI=1S/C47H31N3.C36H21F9N2O3S.C21H22BNO2/c1-3-9-36(10-4-1)44-31-45(50-47(49-44)39-11-5-2-6-12-39)37-24-18-33(19-25-37)41-27-21-34-20-26-40(29-42(34)30-41)32-16-22-35(23-17-32)43-15-7-13-38-14-8-28-48-46(38)43;37-33(38,35(41,42)43)34(39,40)36(44,45)51(48,49)50-29-18-17-23-13-16-27(19-28(23)20-29)22-11-14-25(15-12-22)31-21-30(24-7-3-1-4-8-24)46-32(47-31)26-9-5-2-6-10-26;1-20(2)21(3,4)25-22(24-20)17-12-10-15(11-13-17)18-9-5-7-16-8-6-14-23-19(16)18/h1-31H;1-21H;5-14H,1-4H3. The van der Waals surface area contributed by atoms with E-state index in [1.165, 1.54) is 39.1 Å². The van der Waals surface area contributed by atoms with E-state index in [2.05, 4.69) is 230 Å². The van der Waals surface area contributed by atoms with Crippen molar-refractivity contribution in [1.29, 1.82) is 0 Å². The van der Waals surface area contributed by atoms with Gasteiger partial charge < -0.3 is 13.5 Å². The summed E-state index contributed by atoms with van der Waals surface area (Å²) in [5.74, 6) is -14.6. The molecule has 0 atom stereocenters. The predicted molar refractivity (Wildman–Crippen MR) is 482 cm³/mol. The monoisotopic (exact) mass is 1700 g/mol. The maximum Gasteiger partial charge on any atom is 0.494 e. The summed E-state index contributed by atoms with van der Waals surface area (Å²) in [5, 5.41) is -1.73. The Labute approximate surface area is 720 Å². The van der Waals surface area contributed by atoms with E-state index in [0.717, 1.165) is 118 Å². The summed E-state index contributed by atoms with van der Waals surface area (Å²) in [4.78, 5) is 28.7. The van der Waals surface area contributed by atoms with Crippen molar-refractivity contribution in [3.05, 3.63) is 376 Å². The molecule has 0 spiro atoms. The van der Waals surface area contributed by atoms with E-state index in [0.29, 0.717) is 33.7 Å². The number of benzene rings is 14. The van der Waals surface area contributed by atoms with Gasteiger partial charge in [-0.2, -0.15) is 47.9 Å². The maximum atomic E-state index is 14.2. The van der Waals surface area contributed by atoms with E-state index >= 15 is 0 Å². The molecule has 0 unspecified atom stereocenters. The van der Waals surface area contributed by atoms with Gasteiger partial charge in [0, 0.05) is 67.7 Å². The van der Waals surface area contributed by atoms with Gasteiger partial charge in [-0.1, -0.05) is 309 Å². The highest BCUT2D eigenvalue weighted by Gasteiger charge is 2.86. The van der Waals surface area contributed by atoms with Crippen LogP contribution in [0.4, 0.5) is 39.5 Å². The number of nitrogens with zero attached hydrogens (tertiary/aromatic N) is 6. The fraction of sp³-hybridized carbons (Fsp3) is 0.0962. The average Bonchev–Trinajstić information content (AvgIpc) is 0.776. The number of pyridine rings is 2. The molecular formula is C104H74BF9N6O5S. The van der Waals surface area contributed by atoms with E-state index in [-0.39, 0.29) is 23.7 Å². The van der Waals surface area contributed by atoms with Crippen LogP contribution in [-0.2, 0) is 19.4 Å². The first-order valence-corrected chi connectivity index (χ1v) is 41.6. The minimum Gasteiger partial charge on any atom is -0.399 e. The Morgan fingerprint density at radius 1 is 0.294 bits per heavy atom. The van der Waals surface area contributed by atoms with Crippen LogP contribution >= 0.6 is 0 Å². The molecule has 1 saturated heterocycles. The van der Waals surface area contributed by atoms with Gasteiger partial charge in [-0.15, -0.1) is 0 Å². The summed E-state index contributed by atoms with van der Waals surface area (Å²) in [7, 11) is -7.42. The first-order chi connectivity index (χ1) is 60.5. The van der Waals surface area contributed by atoms with E-state index < -0.39 is 39.1 Å². The molecule has 0 bridgehead atoms. The van der Waals surface area contributed by atoms with Crippen LogP contribution in [0.5, 0.6) is 5.75 Å². The topological polar surface area (TPSA) is 139 Å². The van der Waals surface area contributed by atoms with Crippen LogP contribution in [0.2, 0.25) is 0 Å². The van der Waals surface area contributed by atoms with Crippen molar-refractivity contribution in [2.45, 2.75) is 62.2 Å². The van der Waals surface area contributed by atoms with Crippen LogP contribution in [0.15, 0.2) is 376 Å². The molecule has 5 heterocycles. The van der Waals surface area contributed by atoms with E-state index in [1.807, 2.05) is 128 Å². The lowest BCUT2D eigenvalue weighted by atomic mass is 9.78. The Bertz CT molecular complexity index is 7010. The molecule has 19 rings (SSSR count). The third-order valence-electron chi connectivity index (χ3n) is 22.5. The second-order valence-electron chi connectivity index (χ2n) is 31.3. The summed E-state index contributed by atoms with van der Waals surface area (Å²) >= 11 is 0. The van der Waals surface area contributed by atoms with Crippen LogP contribution in [0.25, 0.3) is 167 Å². The van der Waals surface area contributed by atoms with Gasteiger partial charge in [-0.25, -0.2) is 19.9 Å². The molecule has 1 aliphatic heterocycles. The van der Waals surface area contributed by atoms with Crippen LogP contribution in [0.1, 0.15) is 27.7 Å². The van der Waals surface area contributed by atoms with Gasteiger partial charge in [0.2, 0.25) is 0 Å². The normalized spacial score (nSPS) is 13.4. The lowest BCUT2D eigenvalue weighted by molar-refractivity contribution is -0.382. The number of halogens is 9. The minimum absolute atomic E-state index is 0.135. The molecule has 18 aromatic rings. The van der Waals surface area contributed by atoms with Crippen molar-refractivity contribution in [1.82, 2.24) is 29.9 Å². The van der Waals surface area contributed by atoms with E-state index in [1.54, 1.807) is 36.4 Å². The lowest BCUT2D eigenvalue weighted by Gasteiger charge is -2.32. The van der Waals surface area contributed by atoms with Gasteiger partial charge in [0.1, 0.15) is 5.75 Å². The Morgan fingerprint density at radius 3 is 0.992 bits per heavy atom. The fourth-order valence-corrected chi connectivity index (χ4v) is 15.8. The fourth-order valence-electron chi connectivity index (χ4n) is 14.9. The number of alkyl halides is 9. The number of para-hydroxylation sites is 2. The minimum atomic E-state index is -7.41. The molecule has 0 saturated carbocycles. The molecule has 622 valence electrons. The van der Waals surface area contributed by atoms with Crippen LogP contribution in [0, 0.1) is 0 Å². The van der Waals surface area contributed by atoms with Crippen LogP contribution < -0.4 is 9.65 Å². The Hall–Kier alpha value is -14.3. The lowest BCUT2D eigenvalue weighted by Crippen LogP contribution is -2.63. The summed E-state index contributed by atoms with van der Waals surface area (Å²) in [6, 6.07) is 118. The van der Waals surface area contributed by atoms with Crippen molar-refractivity contribution < 1.29 is 61.4 Å². The van der Waals surface area contributed by atoms with Crippen molar-refractivity contribution in [3.8, 4) is 129 Å². The SMILES string of the molecule is CC1(C)OB(c2ccc(-c3cccc4cccnc34)cc2)OC1(C)C.O=S(=O)(Oc1ccc2ccc(-c3ccc(-c4cc(-c5ccccc5)nc(-c5ccccc5)n4)cc3)cc2c1)C(F)(F)C(F)(F)C(F)(F)C(F)(F)F.c1ccc(-c2cc(-c3ccc(-c4ccc5ccc(-c6ccc(-c7cccc8cccnc78)cc6)cc5c4)cc3)nc(-c3ccccc3)n2)cc1. The summed E-state index contributed by atoms with van der Waals surface area (Å²) in [6.45, 7) is 8.29. The molecule has 1 fully saturated rings. The third-order valence-corrected chi connectivity index (χ3v) is 23.8. The van der Waals surface area contributed by atoms with Gasteiger partial charge in [0.15, 0.2) is 11.6 Å². The summed E-state index contributed by atoms with van der Waals surface area (Å²) in [6.07, 6.45) is -3.50. The van der Waals surface area contributed by atoms with E-state index in [4.69, 9.17) is 29.2 Å². The van der Waals surface area contributed by atoms with Gasteiger partial charge in [-0.3, -0.25) is 9.97 Å². The number of hydrogen-bond donors (Lipinski definition) is 0. The highest BCUT2D eigenvalue weighted by molar-refractivity contribution is 7.88. The first kappa shape index (κ1) is 83.9. The molecular weight excluding hydrogens is 1630 g/mol. The van der Waals surface area contributed by atoms with Crippen molar-refractivity contribution in [2.24, 2.45) is 0 Å². The second kappa shape index (κ2) is 34.1. The Balaban J connectivity index is 0.000000141. The molecule has 126 heavy (non-hydrogen) atoms. The van der Waals surface area contributed by atoms with Crippen molar-refractivity contribution in [3.63, 3.8) is 0 Å². The van der Waals surface area contributed by atoms with Gasteiger partial charge >= 0.3 is 40.5 Å². The third kappa shape index (κ3) is 17.0. The summed E-state index contributed by atoms with van der Waals surface area (Å²) < 4.78 is 160. The zero-order valence-corrected chi connectivity index (χ0v) is 68.7. The van der Waals surface area contributed by atoms with Crippen molar-refractivity contribution in [2.75, 3.05) is 0 Å². The molecule has 22 heteroatoms. The first-order valence-electron chi connectivity index (χ1n) is 40.2. The molecule has 0 aliphatic carbocycles. The Kier molecular flexibility index (Phi) is 22.7. The molecule has 1 aliphatic rings. The number of aromatic nitrogens is 6. The number of fused-ring (bicyclic) bond motifs is 4. The van der Waals surface area contributed by atoms with Gasteiger partial charge in [0.05, 0.1) is 45.0 Å². The van der Waals surface area contributed by atoms with Crippen LogP contribution in [-0.4, -0.2) is 79.9 Å². The van der Waals surface area contributed by atoms with E-state index in [9.17, 15) is 47.9 Å².